The molecule has 28 heavy (non-hydrogen) atoms. The summed E-state index contributed by atoms with van der Waals surface area (Å²) in [6.45, 7) is 2.82. The Morgan fingerprint density at radius 1 is 1.04 bits per heavy atom. The SMILES string of the molecule is CCCC1CCC(c2ccc(-c3c(F)c(F)c(SC#N)c(F)c3F)cc2)OC1. The van der Waals surface area contributed by atoms with Crippen LogP contribution in [0.25, 0.3) is 11.1 Å². The maximum atomic E-state index is 14.4. The molecule has 0 N–H and O–H groups in total. The van der Waals surface area contributed by atoms with Crippen molar-refractivity contribution in [2.75, 3.05) is 6.61 Å². The maximum Gasteiger partial charge on any atom is 0.177 e. The second-order valence-corrected chi connectivity index (χ2v) is 7.62. The minimum absolute atomic E-state index is 0.0183. The van der Waals surface area contributed by atoms with Crippen molar-refractivity contribution in [1.29, 1.82) is 5.26 Å². The highest BCUT2D eigenvalue weighted by Crippen LogP contribution is 2.37. The van der Waals surface area contributed by atoms with Gasteiger partial charge >= 0.3 is 0 Å². The van der Waals surface area contributed by atoms with Crippen molar-refractivity contribution in [2.45, 2.75) is 43.6 Å². The molecule has 1 aliphatic rings. The fourth-order valence-electron chi connectivity index (χ4n) is 3.57. The first kappa shape index (κ1) is 20.7. The van der Waals surface area contributed by atoms with Crippen molar-refractivity contribution < 1.29 is 22.3 Å². The van der Waals surface area contributed by atoms with Crippen LogP contribution in [-0.4, -0.2) is 6.61 Å². The molecule has 0 spiro atoms. The van der Waals surface area contributed by atoms with Gasteiger partial charge in [0.1, 0.15) is 5.40 Å². The molecule has 1 fully saturated rings. The molecule has 3 rings (SSSR count). The number of thiocyanates is 1. The first-order valence-electron chi connectivity index (χ1n) is 9.11. The van der Waals surface area contributed by atoms with Gasteiger partial charge in [-0.15, -0.1) is 0 Å². The van der Waals surface area contributed by atoms with Crippen LogP contribution >= 0.6 is 11.8 Å². The number of nitrogens with zero attached hydrogens (tertiary/aromatic N) is 1. The van der Waals surface area contributed by atoms with Crippen LogP contribution in [0.4, 0.5) is 17.6 Å². The lowest BCUT2D eigenvalue weighted by Gasteiger charge is -2.29. The van der Waals surface area contributed by atoms with Gasteiger partial charge in [-0.3, -0.25) is 0 Å². The van der Waals surface area contributed by atoms with E-state index >= 15 is 0 Å². The normalized spacial score (nSPS) is 19.4. The first-order valence-corrected chi connectivity index (χ1v) is 9.93. The van der Waals surface area contributed by atoms with Gasteiger partial charge in [-0.05, 0) is 48.1 Å². The van der Waals surface area contributed by atoms with E-state index in [1.807, 2.05) is 0 Å². The number of nitriles is 1. The molecule has 1 aliphatic heterocycles. The Labute approximate surface area is 165 Å². The zero-order valence-corrected chi connectivity index (χ0v) is 16.1. The summed E-state index contributed by atoms with van der Waals surface area (Å²) in [4.78, 5) is -0.977. The van der Waals surface area contributed by atoms with Crippen LogP contribution in [-0.2, 0) is 4.74 Å². The van der Waals surface area contributed by atoms with E-state index in [2.05, 4.69) is 6.92 Å². The van der Waals surface area contributed by atoms with E-state index in [-0.39, 0.29) is 23.4 Å². The summed E-state index contributed by atoms with van der Waals surface area (Å²) in [5, 5.41) is 9.98. The third-order valence-corrected chi connectivity index (χ3v) is 5.66. The van der Waals surface area contributed by atoms with Crippen LogP contribution < -0.4 is 0 Å². The topological polar surface area (TPSA) is 33.0 Å². The Balaban J connectivity index is 1.86. The standard InChI is InChI=1S/C21H19F4NOS/c1-2-3-12-4-9-15(27-10-12)13-5-7-14(8-6-13)16-17(22)19(24)21(28-11-26)20(25)18(16)23/h5-8,12,15H,2-4,9-10H2,1H3. The van der Waals surface area contributed by atoms with E-state index in [1.165, 1.54) is 17.5 Å². The predicted octanol–water partition coefficient (Wildman–Crippen LogP) is 6.75. The van der Waals surface area contributed by atoms with E-state index in [0.29, 0.717) is 12.5 Å². The minimum Gasteiger partial charge on any atom is -0.373 e. The zero-order chi connectivity index (χ0) is 20.3. The Morgan fingerprint density at radius 3 is 2.18 bits per heavy atom. The van der Waals surface area contributed by atoms with Gasteiger partial charge in [0.2, 0.25) is 0 Å². The lowest BCUT2D eigenvalue weighted by Crippen LogP contribution is -2.20. The molecule has 0 aromatic heterocycles. The number of halogens is 4. The summed E-state index contributed by atoms with van der Waals surface area (Å²) in [7, 11) is 0. The Hall–Kier alpha value is -2.04. The summed E-state index contributed by atoms with van der Waals surface area (Å²) in [5.41, 5.74) is 0.0956. The maximum absolute atomic E-state index is 14.4. The van der Waals surface area contributed by atoms with Crippen LogP contribution in [0.2, 0.25) is 0 Å². The van der Waals surface area contributed by atoms with Gasteiger partial charge in [0.15, 0.2) is 23.3 Å². The average molecular weight is 409 g/mol. The molecule has 2 unspecified atom stereocenters. The number of hydrogen-bond donors (Lipinski definition) is 0. The van der Waals surface area contributed by atoms with Gasteiger partial charge in [0.25, 0.3) is 0 Å². The third kappa shape index (κ3) is 4.03. The van der Waals surface area contributed by atoms with Crippen LogP contribution in [0.15, 0.2) is 29.2 Å². The summed E-state index contributed by atoms with van der Waals surface area (Å²) < 4.78 is 62.8. The largest absolute Gasteiger partial charge is 0.373 e. The van der Waals surface area contributed by atoms with Crippen LogP contribution in [0.1, 0.15) is 44.3 Å². The minimum atomic E-state index is -1.57. The molecule has 1 heterocycles. The number of rotatable bonds is 5. The average Bonchev–Trinajstić information content (AvgIpc) is 2.71. The second-order valence-electron chi connectivity index (χ2n) is 6.83. The highest BCUT2D eigenvalue weighted by Gasteiger charge is 2.27. The molecule has 0 saturated carbocycles. The molecular formula is C21H19F4NOS. The highest BCUT2D eigenvalue weighted by atomic mass is 32.2. The fourth-order valence-corrected chi connectivity index (χ4v) is 4.02. The van der Waals surface area contributed by atoms with Crippen LogP contribution in [0.3, 0.4) is 0 Å². The molecule has 2 aromatic carbocycles. The van der Waals surface area contributed by atoms with Crippen molar-refractivity contribution in [2.24, 2.45) is 5.92 Å². The number of hydrogen-bond acceptors (Lipinski definition) is 3. The van der Waals surface area contributed by atoms with Crippen molar-refractivity contribution in [3.05, 3.63) is 53.1 Å². The van der Waals surface area contributed by atoms with Crippen molar-refractivity contribution in [3.8, 4) is 16.5 Å². The van der Waals surface area contributed by atoms with Crippen molar-refractivity contribution >= 4 is 11.8 Å². The number of ether oxygens (including phenoxy) is 1. The van der Waals surface area contributed by atoms with Gasteiger partial charge < -0.3 is 4.74 Å². The van der Waals surface area contributed by atoms with E-state index in [4.69, 9.17) is 10.00 Å². The summed E-state index contributed by atoms with van der Waals surface area (Å²) in [6, 6.07) is 6.17. The van der Waals surface area contributed by atoms with Gasteiger partial charge in [-0.25, -0.2) is 17.6 Å². The molecule has 2 aromatic rings. The van der Waals surface area contributed by atoms with E-state index in [9.17, 15) is 17.6 Å². The molecule has 148 valence electrons. The fraction of sp³-hybridized carbons (Fsp3) is 0.381. The third-order valence-electron chi connectivity index (χ3n) is 5.01. The smallest absolute Gasteiger partial charge is 0.177 e. The molecule has 0 radical (unpaired) electrons. The monoisotopic (exact) mass is 409 g/mol. The molecule has 7 heteroatoms. The van der Waals surface area contributed by atoms with Crippen LogP contribution in [0, 0.1) is 39.8 Å². The summed E-state index contributed by atoms with van der Waals surface area (Å²) in [6.07, 6.45) is 4.05. The van der Waals surface area contributed by atoms with E-state index in [1.54, 1.807) is 12.1 Å². The van der Waals surface area contributed by atoms with Gasteiger partial charge in [0, 0.05) is 0 Å². The Bertz CT molecular complexity index is 858. The molecule has 2 nitrogen and oxygen atoms in total. The number of benzene rings is 2. The lowest BCUT2D eigenvalue weighted by molar-refractivity contribution is -0.0194. The Kier molecular flexibility index (Phi) is 6.63. The lowest BCUT2D eigenvalue weighted by atomic mass is 9.91. The molecule has 0 amide bonds. The van der Waals surface area contributed by atoms with Crippen molar-refractivity contribution in [1.82, 2.24) is 0 Å². The van der Waals surface area contributed by atoms with E-state index < -0.39 is 33.7 Å². The Morgan fingerprint density at radius 2 is 1.68 bits per heavy atom. The molecule has 0 bridgehead atoms. The van der Waals surface area contributed by atoms with Gasteiger partial charge in [-0.1, -0.05) is 37.6 Å². The molecule has 1 saturated heterocycles. The molecule has 0 aliphatic carbocycles. The van der Waals surface area contributed by atoms with Gasteiger partial charge in [0.05, 0.1) is 23.2 Å². The zero-order valence-electron chi connectivity index (χ0n) is 15.3. The second kappa shape index (κ2) is 8.97. The highest BCUT2D eigenvalue weighted by molar-refractivity contribution is 8.03. The quantitative estimate of drug-likeness (QED) is 0.237. The molecule has 2 atom stereocenters. The van der Waals surface area contributed by atoms with E-state index in [0.717, 1.165) is 31.2 Å². The summed E-state index contributed by atoms with van der Waals surface area (Å²) >= 11 is 0.0445. The van der Waals surface area contributed by atoms with Crippen molar-refractivity contribution in [3.63, 3.8) is 0 Å². The summed E-state index contributed by atoms with van der Waals surface area (Å²) in [5.74, 6) is -5.61. The first-order chi connectivity index (χ1) is 13.5. The predicted molar refractivity (Wildman–Crippen MR) is 99.5 cm³/mol. The van der Waals surface area contributed by atoms with Gasteiger partial charge in [-0.2, -0.15) is 5.26 Å². The van der Waals surface area contributed by atoms with Crippen LogP contribution in [0.5, 0.6) is 0 Å². The molecular weight excluding hydrogens is 390 g/mol. The number of thioether (sulfide) groups is 1.